The smallest absolute Gasteiger partial charge is 0.0456 e. The van der Waals surface area contributed by atoms with E-state index in [1.807, 2.05) is 0 Å². The summed E-state index contributed by atoms with van der Waals surface area (Å²) in [5, 5.41) is 5.06. The highest BCUT2D eigenvalue weighted by molar-refractivity contribution is 5.83. The summed E-state index contributed by atoms with van der Waals surface area (Å²) in [7, 11) is 0. The average molecular weight is 258 g/mol. The fourth-order valence-electron chi connectivity index (χ4n) is 2.61. The molecule has 0 aliphatic carbocycles. The fourth-order valence-corrected chi connectivity index (χ4v) is 2.61. The van der Waals surface area contributed by atoms with Crippen molar-refractivity contribution in [2.24, 2.45) is 0 Å². The SMILES string of the molecule is CCCCCN[C@H](CC)Cc1c[nH]c2ccccc12. The minimum atomic E-state index is 0.594. The molecule has 19 heavy (non-hydrogen) atoms. The van der Waals surface area contributed by atoms with E-state index in [-0.39, 0.29) is 0 Å². The molecule has 0 aliphatic heterocycles. The predicted molar refractivity (Wildman–Crippen MR) is 83.6 cm³/mol. The van der Waals surface area contributed by atoms with Crippen molar-refractivity contribution in [3.63, 3.8) is 0 Å². The molecule has 0 fully saturated rings. The molecule has 1 aromatic carbocycles. The van der Waals surface area contributed by atoms with E-state index < -0.39 is 0 Å². The number of hydrogen-bond acceptors (Lipinski definition) is 1. The Morgan fingerprint density at radius 3 is 2.79 bits per heavy atom. The number of unbranched alkanes of at least 4 members (excludes halogenated alkanes) is 2. The van der Waals surface area contributed by atoms with E-state index in [1.165, 1.54) is 42.1 Å². The first-order chi connectivity index (χ1) is 9.35. The minimum Gasteiger partial charge on any atom is -0.361 e. The molecule has 0 aliphatic rings. The lowest BCUT2D eigenvalue weighted by atomic mass is 10.0. The lowest BCUT2D eigenvalue weighted by molar-refractivity contribution is 0.482. The lowest BCUT2D eigenvalue weighted by Gasteiger charge is -2.16. The van der Waals surface area contributed by atoms with Gasteiger partial charge in [0, 0.05) is 23.1 Å². The van der Waals surface area contributed by atoms with E-state index >= 15 is 0 Å². The second-order valence-corrected chi connectivity index (χ2v) is 5.33. The third kappa shape index (κ3) is 3.84. The quantitative estimate of drug-likeness (QED) is 0.680. The lowest BCUT2D eigenvalue weighted by Crippen LogP contribution is -2.31. The summed E-state index contributed by atoms with van der Waals surface area (Å²) in [6.07, 6.45) is 8.39. The van der Waals surface area contributed by atoms with E-state index in [2.05, 4.69) is 54.6 Å². The Hall–Kier alpha value is -1.28. The van der Waals surface area contributed by atoms with Crippen LogP contribution in [0.5, 0.6) is 0 Å². The molecule has 2 rings (SSSR count). The van der Waals surface area contributed by atoms with E-state index in [9.17, 15) is 0 Å². The van der Waals surface area contributed by atoms with Crippen molar-refractivity contribution in [2.45, 2.75) is 52.0 Å². The summed E-state index contributed by atoms with van der Waals surface area (Å²) >= 11 is 0. The Morgan fingerprint density at radius 2 is 2.00 bits per heavy atom. The van der Waals surface area contributed by atoms with Gasteiger partial charge in [-0.3, -0.25) is 0 Å². The van der Waals surface area contributed by atoms with Crippen LogP contribution in [-0.2, 0) is 6.42 Å². The maximum absolute atomic E-state index is 3.69. The number of benzene rings is 1. The maximum Gasteiger partial charge on any atom is 0.0456 e. The molecule has 1 aromatic heterocycles. The van der Waals surface area contributed by atoms with Gasteiger partial charge in [-0.1, -0.05) is 44.9 Å². The van der Waals surface area contributed by atoms with Crippen LogP contribution in [0.2, 0.25) is 0 Å². The highest BCUT2D eigenvalue weighted by Crippen LogP contribution is 2.19. The van der Waals surface area contributed by atoms with Gasteiger partial charge in [-0.2, -0.15) is 0 Å². The number of H-pyrrole nitrogens is 1. The third-order valence-corrected chi connectivity index (χ3v) is 3.85. The standard InChI is InChI=1S/C17H26N2/c1-3-5-8-11-18-15(4-2)12-14-13-19-17-10-7-6-9-16(14)17/h6-7,9-10,13,15,18-19H,3-5,8,11-12H2,1-2H3/t15-/m1/s1. The molecule has 2 heteroatoms. The van der Waals surface area contributed by atoms with Crippen LogP contribution in [0.4, 0.5) is 0 Å². The molecule has 2 N–H and O–H groups in total. The Balaban J connectivity index is 1.94. The van der Waals surface area contributed by atoms with Crippen LogP contribution >= 0.6 is 0 Å². The summed E-state index contributed by atoms with van der Waals surface area (Å²) in [5.41, 5.74) is 2.68. The van der Waals surface area contributed by atoms with Crippen molar-refractivity contribution >= 4 is 10.9 Å². The summed E-state index contributed by atoms with van der Waals surface area (Å²) < 4.78 is 0. The highest BCUT2D eigenvalue weighted by Gasteiger charge is 2.10. The third-order valence-electron chi connectivity index (χ3n) is 3.85. The topological polar surface area (TPSA) is 27.8 Å². The van der Waals surface area contributed by atoms with Crippen molar-refractivity contribution in [1.82, 2.24) is 10.3 Å². The van der Waals surface area contributed by atoms with Gasteiger partial charge in [0.2, 0.25) is 0 Å². The Bertz CT molecular complexity index is 487. The van der Waals surface area contributed by atoms with Crippen molar-refractivity contribution < 1.29 is 0 Å². The monoisotopic (exact) mass is 258 g/mol. The minimum absolute atomic E-state index is 0.594. The molecule has 0 saturated carbocycles. The van der Waals surface area contributed by atoms with Crippen LogP contribution in [0.25, 0.3) is 10.9 Å². The van der Waals surface area contributed by atoms with Gasteiger partial charge in [-0.05, 0) is 37.4 Å². The van der Waals surface area contributed by atoms with Crippen LogP contribution in [0.1, 0.15) is 45.1 Å². The molecule has 1 heterocycles. The zero-order valence-electron chi connectivity index (χ0n) is 12.2. The van der Waals surface area contributed by atoms with Crippen LogP contribution < -0.4 is 5.32 Å². The number of aromatic amines is 1. The van der Waals surface area contributed by atoms with Crippen molar-refractivity contribution in [2.75, 3.05) is 6.54 Å². The summed E-state index contributed by atoms with van der Waals surface area (Å²) in [5.74, 6) is 0. The predicted octanol–water partition coefficient (Wildman–Crippen LogP) is 4.27. The van der Waals surface area contributed by atoms with Gasteiger partial charge in [0.1, 0.15) is 0 Å². The van der Waals surface area contributed by atoms with Gasteiger partial charge in [-0.15, -0.1) is 0 Å². The molecule has 1 atom stereocenters. The van der Waals surface area contributed by atoms with Crippen LogP contribution in [0.3, 0.4) is 0 Å². The molecule has 0 unspecified atom stereocenters. The first-order valence-corrected chi connectivity index (χ1v) is 7.63. The van der Waals surface area contributed by atoms with Crippen LogP contribution in [0.15, 0.2) is 30.5 Å². The van der Waals surface area contributed by atoms with Gasteiger partial charge in [0.05, 0.1) is 0 Å². The van der Waals surface area contributed by atoms with Crippen molar-refractivity contribution in [1.29, 1.82) is 0 Å². The Kier molecular flexibility index (Phi) is 5.46. The first kappa shape index (κ1) is 14.1. The summed E-state index contributed by atoms with van der Waals surface area (Å²) in [6, 6.07) is 9.16. The second-order valence-electron chi connectivity index (χ2n) is 5.33. The molecule has 0 saturated heterocycles. The first-order valence-electron chi connectivity index (χ1n) is 7.63. The molecule has 0 spiro atoms. The number of rotatable bonds is 8. The van der Waals surface area contributed by atoms with Gasteiger partial charge < -0.3 is 10.3 Å². The largest absolute Gasteiger partial charge is 0.361 e. The second kappa shape index (κ2) is 7.34. The molecule has 2 aromatic rings. The summed E-state index contributed by atoms with van der Waals surface area (Å²) in [6.45, 7) is 5.67. The molecule has 0 radical (unpaired) electrons. The van der Waals surface area contributed by atoms with E-state index in [4.69, 9.17) is 0 Å². The van der Waals surface area contributed by atoms with Gasteiger partial charge >= 0.3 is 0 Å². The average Bonchev–Trinajstić information content (AvgIpc) is 2.85. The number of hydrogen-bond donors (Lipinski definition) is 2. The number of fused-ring (bicyclic) bond motifs is 1. The van der Waals surface area contributed by atoms with Crippen LogP contribution in [-0.4, -0.2) is 17.6 Å². The Labute approximate surface area is 116 Å². The molecular formula is C17H26N2. The molecule has 104 valence electrons. The zero-order chi connectivity index (χ0) is 13.5. The number of aromatic nitrogens is 1. The molecule has 2 nitrogen and oxygen atoms in total. The van der Waals surface area contributed by atoms with Crippen LogP contribution in [0, 0.1) is 0 Å². The van der Waals surface area contributed by atoms with Gasteiger partial charge in [-0.25, -0.2) is 0 Å². The van der Waals surface area contributed by atoms with Gasteiger partial charge in [0.15, 0.2) is 0 Å². The Morgan fingerprint density at radius 1 is 1.16 bits per heavy atom. The fraction of sp³-hybridized carbons (Fsp3) is 0.529. The molecular weight excluding hydrogens is 232 g/mol. The normalized spacial score (nSPS) is 12.9. The van der Waals surface area contributed by atoms with Gasteiger partial charge in [0.25, 0.3) is 0 Å². The molecule has 0 bridgehead atoms. The number of para-hydroxylation sites is 1. The van der Waals surface area contributed by atoms with E-state index in [0.29, 0.717) is 6.04 Å². The summed E-state index contributed by atoms with van der Waals surface area (Å²) in [4.78, 5) is 3.37. The van der Waals surface area contributed by atoms with E-state index in [1.54, 1.807) is 0 Å². The van der Waals surface area contributed by atoms with E-state index in [0.717, 1.165) is 13.0 Å². The highest BCUT2D eigenvalue weighted by atomic mass is 14.9. The van der Waals surface area contributed by atoms with Crippen molar-refractivity contribution in [3.8, 4) is 0 Å². The number of nitrogens with one attached hydrogen (secondary N) is 2. The molecule has 0 amide bonds. The maximum atomic E-state index is 3.69. The van der Waals surface area contributed by atoms with Crippen molar-refractivity contribution in [3.05, 3.63) is 36.0 Å². The zero-order valence-corrected chi connectivity index (χ0v) is 12.2.